The summed E-state index contributed by atoms with van der Waals surface area (Å²) in [6.45, 7) is 7.60. The molecule has 3 rings (SSSR count). The highest BCUT2D eigenvalue weighted by Gasteiger charge is 2.43. The molecule has 0 bridgehead atoms. The number of aryl methyl sites for hydroxylation is 1. The van der Waals surface area contributed by atoms with Crippen LogP contribution in [0.1, 0.15) is 31.2 Å². The van der Waals surface area contributed by atoms with Crippen LogP contribution in [-0.2, 0) is 16.0 Å². The fourth-order valence-corrected chi connectivity index (χ4v) is 3.48. The second kappa shape index (κ2) is 6.20. The zero-order valence-corrected chi connectivity index (χ0v) is 12.4. The molecule has 1 saturated carbocycles. The Bertz CT molecular complexity index is 452. The average molecular weight is 276 g/mol. The Hall–Kier alpha value is -0.970. The highest BCUT2D eigenvalue weighted by atomic mass is 16.5. The van der Waals surface area contributed by atoms with Gasteiger partial charge in [0.05, 0.1) is 24.5 Å². The van der Waals surface area contributed by atoms with E-state index in [9.17, 15) is 0 Å². The molecule has 0 N–H and O–H groups in total. The SMILES string of the molecule is CCO[C@@H]1CC[C@@H]2[C@@H]1OCCN2Cc1cccc(C)n1. The minimum absolute atomic E-state index is 0.244. The molecule has 2 fully saturated rings. The number of fused-ring (bicyclic) bond motifs is 1. The first kappa shape index (κ1) is 14.0. The predicted molar refractivity (Wildman–Crippen MR) is 77.6 cm³/mol. The van der Waals surface area contributed by atoms with Crippen LogP contribution < -0.4 is 0 Å². The van der Waals surface area contributed by atoms with Gasteiger partial charge in [-0.1, -0.05) is 6.07 Å². The molecule has 110 valence electrons. The predicted octanol–water partition coefficient (Wildman–Crippen LogP) is 2.16. The summed E-state index contributed by atoms with van der Waals surface area (Å²) < 4.78 is 11.8. The standard InChI is InChI=1S/C16H24N2O2/c1-3-19-15-8-7-14-16(15)20-10-9-18(14)11-13-6-4-5-12(2)17-13/h4-6,14-16H,3,7-11H2,1-2H3/t14-,15-,16+/m1/s1. The average Bonchev–Trinajstić information content (AvgIpc) is 2.84. The minimum Gasteiger partial charge on any atom is -0.376 e. The molecule has 0 unspecified atom stereocenters. The Morgan fingerprint density at radius 3 is 3.10 bits per heavy atom. The van der Waals surface area contributed by atoms with Gasteiger partial charge in [0.2, 0.25) is 0 Å². The third-order valence-electron chi connectivity index (χ3n) is 4.34. The van der Waals surface area contributed by atoms with Crippen LogP contribution in [0.4, 0.5) is 0 Å². The molecule has 2 aliphatic rings. The van der Waals surface area contributed by atoms with E-state index in [1.54, 1.807) is 0 Å². The molecular formula is C16H24N2O2. The highest BCUT2D eigenvalue weighted by Crippen LogP contribution is 2.32. The van der Waals surface area contributed by atoms with Crippen molar-refractivity contribution in [2.45, 2.75) is 51.5 Å². The van der Waals surface area contributed by atoms with Crippen LogP contribution in [0.5, 0.6) is 0 Å². The molecule has 4 heteroatoms. The topological polar surface area (TPSA) is 34.6 Å². The van der Waals surface area contributed by atoms with Crippen molar-refractivity contribution in [2.24, 2.45) is 0 Å². The zero-order chi connectivity index (χ0) is 13.9. The first-order chi connectivity index (χ1) is 9.78. The molecule has 1 aliphatic heterocycles. The van der Waals surface area contributed by atoms with Crippen LogP contribution in [0, 0.1) is 6.92 Å². The fraction of sp³-hybridized carbons (Fsp3) is 0.688. The summed E-state index contributed by atoms with van der Waals surface area (Å²) in [6, 6.07) is 6.74. The lowest BCUT2D eigenvalue weighted by atomic mass is 10.1. The highest BCUT2D eigenvalue weighted by molar-refractivity contribution is 5.10. The van der Waals surface area contributed by atoms with Crippen LogP contribution >= 0.6 is 0 Å². The third-order valence-corrected chi connectivity index (χ3v) is 4.34. The lowest BCUT2D eigenvalue weighted by Crippen LogP contribution is -2.51. The number of rotatable bonds is 4. The summed E-state index contributed by atoms with van der Waals surface area (Å²) in [5.74, 6) is 0. The monoisotopic (exact) mass is 276 g/mol. The Morgan fingerprint density at radius 1 is 1.40 bits per heavy atom. The van der Waals surface area contributed by atoms with Crippen LogP contribution in [0.3, 0.4) is 0 Å². The second-order valence-electron chi connectivity index (χ2n) is 5.71. The van der Waals surface area contributed by atoms with E-state index in [0.717, 1.165) is 44.1 Å². The van der Waals surface area contributed by atoms with E-state index >= 15 is 0 Å². The van der Waals surface area contributed by atoms with E-state index in [1.165, 1.54) is 6.42 Å². The molecule has 4 nitrogen and oxygen atoms in total. The summed E-state index contributed by atoms with van der Waals surface area (Å²) >= 11 is 0. The Morgan fingerprint density at radius 2 is 2.30 bits per heavy atom. The first-order valence-corrected chi connectivity index (χ1v) is 7.67. The molecule has 0 spiro atoms. The van der Waals surface area contributed by atoms with Crippen molar-refractivity contribution in [3.05, 3.63) is 29.6 Å². The molecule has 0 aromatic carbocycles. The van der Waals surface area contributed by atoms with E-state index in [2.05, 4.69) is 28.9 Å². The van der Waals surface area contributed by atoms with E-state index < -0.39 is 0 Å². The van der Waals surface area contributed by atoms with Gasteiger partial charge in [-0.25, -0.2) is 0 Å². The maximum atomic E-state index is 5.97. The van der Waals surface area contributed by atoms with Crippen LogP contribution in [0.25, 0.3) is 0 Å². The molecule has 1 aliphatic carbocycles. The van der Waals surface area contributed by atoms with Crippen LogP contribution in [0.2, 0.25) is 0 Å². The summed E-state index contributed by atoms with van der Waals surface area (Å²) in [4.78, 5) is 7.15. The number of hydrogen-bond donors (Lipinski definition) is 0. The summed E-state index contributed by atoms with van der Waals surface area (Å²) in [7, 11) is 0. The number of aromatic nitrogens is 1. The number of hydrogen-bond acceptors (Lipinski definition) is 4. The summed E-state index contributed by atoms with van der Waals surface area (Å²) in [6.07, 6.45) is 2.80. The van der Waals surface area contributed by atoms with Crippen molar-refractivity contribution in [1.82, 2.24) is 9.88 Å². The second-order valence-corrected chi connectivity index (χ2v) is 5.71. The molecule has 2 heterocycles. The van der Waals surface area contributed by atoms with Crippen molar-refractivity contribution in [1.29, 1.82) is 0 Å². The van der Waals surface area contributed by atoms with E-state index in [-0.39, 0.29) is 12.2 Å². The van der Waals surface area contributed by atoms with E-state index in [0.29, 0.717) is 6.04 Å². The largest absolute Gasteiger partial charge is 0.376 e. The number of nitrogens with zero attached hydrogens (tertiary/aromatic N) is 2. The van der Waals surface area contributed by atoms with Gasteiger partial charge in [0.25, 0.3) is 0 Å². The minimum atomic E-state index is 0.244. The van der Waals surface area contributed by atoms with Crippen LogP contribution in [0.15, 0.2) is 18.2 Å². The van der Waals surface area contributed by atoms with Crippen molar-refractivity contribution in [3.8, 4) is 0 Å². The molecule has 3 atom stereocenters. The summed E-state index contributed by atoms with van der Waals surface area (Å²) in [5, 5.41) is 0. The number of pyridine rings is 1. The number of ether oxygens (including phenoxy) is 2. The fourth-order valence-electron chi connectivity index (χ4n) is 3.48. The third kappa shape index (κ3) is 2.87. The smallest absolute Gasteiger partial charge is 0.0992 e. The van der Waals surface area contributed by atoms with Crippen molar-refractivity contribution >= 4 is 0 Å². The van der Waals surface area contributed by atoms with Crippen molar-refractivity contribution in [2.75, 3.05) is 19.8 Å². The Kier molecular flexibility index (Phi) is 4.34. The van der Waals surface area contributed by atoms with Crippen molar-refractivity contribution in [3.63, 3.8) is 0 Å². The van der Waals surface area contributed by atoms with Crippen molar-refractivity contribution < 1.29 is 9.47 Å². The summed E-state index contributed by atoms with van der Waals surface area (Å²) in [5.41, 5.74) is 2.25. The van der Waals surface area contributed by atoms with Gasteiger partial charge in [-0.3, -0.25) is 9.88 Å². The maximum Gasteiger partial charge on any atom is 0.0992 e. The van der Waals surface area contributed by atoms with Gasteiger partial charge in [0.1, 0.15) is 0 Å². The molecule has 1 aromatic heterocycles. The normalized spacial score (nSPS) is 30.4. The lowest BCUT2D eigenvalue weighted by Gasteiger charge is -2.38. The molecule has 1 aromatic rings. The van der Waals surface area contributed by atoms with Gasteiger partial charge in [-0.2, -0.15) is 0 Å². The van der Waals surface area contributed by atoms with Gasteiger partial charge in [-0.15, -0.1) is 0 Å². The zero-order valence-electron chi connectivity index (χ0n) is 12.4. The molecule has 0 amide bonds. The first-order valence-electron chi connectivity index (χ1n) is 7.67. The quantitative estimate of drug-likeness (QED) is 0.844. The maximum absolute atomic E-state index is 5.97. The Labute approximate surface area is 121 Å². The van der Waals surface area contributed by atoms with Gasteiger partial charge in [0.15, 0.2) is 0 Å². The van der Waals surface area contributed by atoms with E-state index in [4.69, 9.17) is 9.47 Å². The van der Waals surface area contributed by atoms with Gasteiger partial charge in [0, 0.05) is 31.4 Å². The number of morpholine rings is 1. The molecule has 0 radical (unpaired) electrons. The molecule has 1 saturated heterocycles. The Balaban J connectivity index is 1.68. The van der Waals surface area contributed by atoms with Crippen LogP contribution in [-0.4, -0.2) is 47.9 Å². The van der Waals surface area contributed by atoms with Gasteiger partial charge in [-0.05, 0) is 38.8 Å². The van der Waals surface area contributed by atoms with Gasteiger partial charge >= 0.3 is 0 Å². The van der Waals surface area contributed by atoms with Gasteiger partial charge < -0.3 is 9.47 Å². The molecular weight excluding hydrogens is 252 g/mol. The molecule has 20 heavy (non-hydrogen) atoms. The lowest BCUT2D eigenvalue weighted by molar-refractivity contribution is -0.113. The van der Waals surface area contributed by atoms with E-state index in [1.807, 2.05) is 13.0 Å².